The molecule has 3 rings (SSSR count). The Labute approximate surface area is 164 Å². The molecule has 2 aromatic carbocycles. The first kappa shape index (κ1) is 19.1. The Bertz CT molecular complexity index is 910. The molecule has 1 heterocycles. The monoisotopic (exact) mass is 380 g/mol. The fourth-order valence-electron chi connectivity index (χ4n) is 2.68. The molecular formula is C22H24N2O2S. The van der Waals surface area contributed by atoms with E-state index in [0.29, 0.717) is 22.3 Å². The zero-order chi connectivity index (χ0) is 19.4. The van der Waals surface area contributed by atoms with Crippen molar-refractivity contribution in [3.05, 3.63) is 65.0 Å². The van der Waals surface area contributed by atoms with E-state index in [9.17, 15) is 4.79 Å². The summed E-state index contributed by atoms with van der Waals surface area (Å²) in [4.78, 5) is 17.5. The number of hydrogen-bond acceptors (Lipinski definition) is 5. The maximum atomic E-state index is 12.4. The smallest absolute Gasteiger partial charge is 0.350 e. The lowest BCUT2D eigenvalue weighted by Crippen LogP contribution is -2.10. The second-order valence-corrected chi connectivity index (χ2v) is 8.23. The Balaban J connectivity index is 1.91. The van der Waals surface area contributed by atoms with E-state index in [1.807, 2.05) is 42.5 Å². The van der Waals surface area contributed by atoms with Crippen LogP contribution in [-0.2, 0) is 10.2 Å². The SMILES string of the molecule is CCOC(=O)c1sc(Nc2ccc(C(C)(C)C)cc2)nc1-c1ccccc1. The van der Waals surface area contributed by atoms with Crippen molar-refractivity contribution in [3.63, 3.8) is 0 Å². The predicted molar refractivity (Wildman–Crippen MR) is 112 cm³/mol. The fourth-order valence-corrected chi connectivity index (χ4v) is 3.58. The molecule has 3 aromatic rings. The van der Waals surface area contributed by atoms with Gasteiger partial charge in [-0.15, -0.1) is 0 Å². The van der Waals surface area contributed by atoms with Crippen LogP contribution >= 0.6 is 11.3 Å². The Morgan fingerprint density at radius 2 is 1.74 bits per heavy atom. The number of anilines is 2. The van der Waals surface area contributed by atoms with Gasteiger partial charge in [0.05, 0.1) is 12.3 Å². The molecule has 0 fully saturated rings. The molecule has 1 aromatic heterocycles. The maximum Gasteiger partial charge on any atom is 0.350 e. The first-order valence-corrected chi connectivity index (χ1v) is 9.81. The Morgan fingerprint density at radius 1 is 1.07 bits per heavy atom. The number of aromatic nitrogens is 1. The molecule has 0 saturated carbocycles. The maximum absolute atomic E-state index is 12.4. The molecule has 0 saturated heterocycles. The van der Waals surface area contributed by atoms with Crippen LogP contribution in [0.2, 0.25) is 0 Å². The number of hydrogen-bond donors (Lipinski definition) is 1. The molecule has 4 nitrogen and oxygen atoms in total. The highest BCUT2D eigenvalue weighted by Crippen LogP contribution is 2.33. The van der Waals surface area contributed by atoms with Crippen molar-refractivity contribution < 1.29 is 9.53 Å². The molecule has 0 amide bonds. The number of carbonyl (C=O) groups is 1. The molecule has 5 heteroatoms. The Hall–Kier alpha value is -2.66. The van der Waals surface area contributed by atoms with Crippen molar-refractivity contribution in [1.29, 1.82) is 0 Å². The molecule has 0 unspecified atom stereocenters. The molecule has 27 heavy (non-hydrogen) atoms. The topological polar surface area (TPSA) is 51.2 Å². The lowest BCUT2D eigenvalue weighted by atomic mass is 9.87. The molecule has 0 aliphatic heterocycles. The molecule has 0 atom stereocenters. The van der Waals surface area contributed by atoms with Gasteiger partial charge in [-0.3, -0.25) is 0 Å². The average molecular weight is 381 g/mol. The van der Waals surface area contributed by atoms with Gasteiger partial charge in [-0.05, 0) is 30.0 Å². The lowest BCUT2D eigenvalue weighted by Gasteiger charge is -2.19. The molecule has 0 spiro atoms. The number of esters is 1. The Kier molecular flexibility index (Phi) is 5.61. The second kappa shape index (κ2) is 7.92. The number of nitrogens with zero attached hydrogens (tertiary/aromatic N) is 1. The lowest BCUT2D eigenvalue weighted by molar-refractivity contribution is 0.0532. The van der Waals surface area contributed by atoms with Crippen molar-refractivity contribution in [2.24, 2.45) is 0 Å². The van der Waals surface area contributed by atoms with Crippen LogP contribution in [0, 0.1) is 0 Å². The summed E-state index contributed by atoms with van der Waals surface area (Å²) < 4.78 is 5.21. The molecule has 0 aliphatic rings. The van der Waals surface area contributed by atoms with Crippen LogP contribution in [0.25, 0.3) is 11.3 Å². The quantitative estimate of drug-likeness (QED) is 0.549. The van der Waals surface area contributed by atoms with E-state index >= 15 is 0 Å². The van der Waals surface area contributed by atoms with E-state index in [4.69, 9.17) is 4.74 Å². The number of benzene rings is 2. The van der Waals surface area contributed by atoms with Crippen molar-refractivity contribution in [2.45, 2.75) is 33.1 Å². The second-order valence-electron chi connectivity index (χ2n) is 7.24. The zero-order valence-electron chi connectivity index (χ0n) is 16.1. The van der Waals surface area contributed by atoms with Crippen LogP contribution in [-0.4, -0.2) is 17.6 Å². The van der Waals surface area contributed by atoms with Crippen LogP contribution in [0.1, 0.15) is 42.9 Å². The molecule has 1 N–H and O–H groups in total. The van der Waals surface area contributed by atoms with Crippen LogP contribution in [0.3, 0.4) is 0 Å². The van der Waals surface area contributed by atoms with Gasteiger partial charge in [0.25, 0.3) is 0 Å². The van der Waals surface area contributed by atoms with Crippen LogP contribution in [0.15, 0.2) is 54.6 Å². The summed E-state index contributed by atoms with van der Waals surface area (Å²) in [5, 5.41) is 3.98. The summed E-state index contributed by atoms with van der Waals surface area (Å²) in [7, 11) is 0. The first-order valence-electron chi connectivity index (χ1n) is 8.99. The van der Waals surface area contributed by atoms with Crippen molar-refractivity contribution in [3.8, 4) is 11.3 Å². The van der Waals surface area contributed by atoms with Crippen LogP contribution in [0.4, 0.5) is 10.8 Å². The van der Waals surface area contributed by atoms with Gasteiger partial charge in [-0.25, -0.2) is 9.78 Å². The van der Waals surface area contributed by atoms with Gasteiger partial charge in [-0.2, -0.15) is 0 Å². The number of nitrogens with one attached hydrogen (secondary N) is 1. The normalized spacial score (nSPS) is 11.3. The van der Waals surface area contributed by atoms with E-state index in [2.05, 4.69) is 43.2 Å². The van der Waals surface area contributed by atoms with E-state index in [1.54, 1.807) is 6.92 Å². The van der Waals surface area contributed by atoms with E-state index in [0.717, 1.165) is 11.3 Å². The fraction of sp³-hybridized carbons (Fsp3) is 0.273. The van der Waals surface area contributed by atoms with Gasteiger partial charge in [0.15, 0.2) is 5.13 Å². The summed E-state index contributed by atoms with van der Waals surface area (Å²) in [5.41, 5.74) is 3.86. The minimum atomic E-state index is -0.343. The molecule has 0 radical (unpaired) electrons. The van der Waals surface area contributed by atoms with Crippen LogP contribution < -0.4 is 5.32 Å². The summed E-state index contributed by atoms with van der Waals surface area (Å²) in [6.07, 6.45) is 0. The largest absolute Gasteiger partial charge is 0.462 e. The van der Waals surface area contributed by atoms with Gasteiger partial charge in [0, 0.05) is 11.3 Å². The highest BCUT2D eigenvalue weighted by Gasteiger charge is 2.21. The predicted octanol–water partition coefficient (Wildman–Crippen LogP) is 6.03. The number of rotatable bonds is 5. The highest BCUT2D eigenvalue weighted by molar-refractivity contribution is 7.18. The van der Waals surface area contributed by atoms with Crippen LogP contribution in [0.5, 0.6) is 0 Å². The van der Waals surface area contributed by atoms with E-state index < -0.39 is 0 Å². The van der Waals surface area contributed by atoms with Gasteiger partial charge >= 0.3 is 5.97 Å². The summed E-state index contributed by atoms with van der Waals surface area (Å²) in [5.74, 6) is -0.343. The van der Waals surface area contributed by atoms with E-state index in [-0.39, 0.29) is 11.4 Å². The third-order valence-corrected chi connectivity index (χ3v) is 5.09. The van der Waals surface area contributed by atoms with E-state index in [1.165, 1.54) is 16.9 Å². The third kappa shape index (κ3) is 4.55. The highest BCUT2D eigenvalue weighted by atomic mass is 32.1. The van der Waals surface area contributed by atoms with Crippen molar-refractivity contribution in [1.82, 2.24) is 4.98 Å². The average Bonchev–Trinajstić information content (AvgIpc) is 3.06. The summed E-state index contributed by atoms with van der Waals surface area (Å²) >= 11 is 1.31. The van der Waals surface area contributed by atoms with Gasteiger partial charge < -0.3 is 10.1 Å². The molecule has 0 bridgehead atoms. The molecular weight excluding hydrogens is 356 g/mol. The minimum absolute atomic E-state index is 0.108. The van der Waals surface area contributed by atoms with Gasteiger partial charge in [0.2, 0.25) is 0 Å². The number of carbonyl (C=O) groups excluding carboxylic acids is 1. The van der Waals surface area contributed by atoms with Gasteiger partial charge in [-0.1, -0.05) is 74.6 Å². The third-order valence-electron chi connectivity index (χ3n) is 4.14. The standard InChI is InChI=1S/C22H24N2O2S/c1-5-26-20(25)19-18(15-9-7-6-8-10-15)24-21(27-19)23-17-13-11-16(12-14-17)22(2,3)4/h6-14H,5H2,1-4H3,(H,23,24). The molecule has 0 aliphatic carbocycles. The minimum Gasteiger partial charge on any atom is -0.462 e. The van der Waals surface area contributed by atoms with Gasteiger partial charge in [0.1, 0.15) is 4.88 Å². The first-order chi connectivity index (χ1) is 12.9. The van der Waals surface area contributed by atoms with Crippen molar-refractivity contribution in [2.75, 3.05) is 11.9 Å². The molecule has 140 valence electrons. The summed E-state index contributed by atoms with van der Waals surface area (Å²) in [6.45, 7) is 8.70. The van der Waals surface area contributed by atoms with Crippen molar-refractivity contribution >= 4 is 28.1 Å². The zero-order valence-corrected chi connectivity index (χ0v) is 16.9. The number of ether oxygens (including phenoxy) is 1. The Morgan fingerprint density at radius 3 is 2.33 bits per heavy atom. The number of thiazole rings is 1. The summed E-state index contributed by atoms with van der Waals surface area (Å²) in [6, 6.07) is 18.0.